The van der Waals surface area contributed by atoms with E-state index in [1.54, 1.807) is 27.0 Å². The van der Waals surface area contributed by atoms with E-state index in [0.29, 0.717) is 17.0 Å². The quantitative estimate of drug-likeness (QED) is 0.769. The van der Waals surface area contributed by atoms with Crippen LogP contribution in [0, 0.1) is 0 Å². The first-order valence-electron chi connectivity index (χ1n) is 8.32. The maximum atomic E-state index is 13.2. The van der Waals surface area contributed by atoms with Crippen LogP contribution in [0.15, 0.2) is 41.3 Å². The van der Waals surface area contributed by atoms with Crippen molar-refractivity contribution in [2.24, 2.45) is 0 Å². The molecule has 0 aliphatic carbocycles. The van der Waals surface area contributed by atoms with E-state index in [-0.39, 0.29) is 5.43 Å². The number of aromatic nitrogens is 1. The number of aliphatic hydroxyl groups is 2. The van der Waals surface area contributed by atoms with Gasteiger partial charge in [0, 0.05) is 11.8 Å². The molecule has 4 unspecified atom stereocenters. The highest BCUT2D eigenvalue weighted by Gasteiger charge is 2.68. The molecule has 1 fully saturated rings. The molecule has 3 heterocycles. The molecule has 2 aliphatic rings. The first-order valence-corrected chi connectivity index (χ1v) is 8.32. The Morgan fingerprint density at radius 3 is 2.56 bits per heavy atom. The zero-order valence-corrected chi connectivity index (χ0v) is 14.3. The molecule has 4 rings (SSSR count). The Bertz CT molecular complexity index is 877. The van der Waals surface area contributed by atoms with Crippen molar-refractivity contribution in [3.8, 4) is 17.0 Å². The Morgan fingerprint density at radius 1 is 1.24 bits per heavy atom. The van der Waals surface area contributed by atoms with Crippen molar-refractivity contribution >= 4 is 0 Å². The molecule has 5 atom stereocenters. The third kappa shape index (κ3) is 1.99. The van der Waals surface area contributed by atoms with Gasteiger partial charge in [0.15, 0.2) is 17.6 Å². The lowest BCUT2D eigenvalue weighted by molar-refractivity contribution is -0.184. The maximum absolute atomic E-state index is 13.2. The topological polar surface area (TPSA) is 91.8 Å². The van der Waals surface area contributed by atoms with Crippen molar-refractivity contribution in [3.63, 3.8) is 0 Å². The van der Waals surface area contributed by atoms with Crippen LogP contribution in [0.4, 0.5) is 0 Å². The van der Waals surface area contributed by atoms with Gasteiger partial charge in [0.05, 0.1) is 17.1 Å². The van der Waals surface area contributed by atoms with Gasteiger partial charge in [-0.05, 0) is 26.3 Å². The number of rotatable bonds is 2. The number of pyridine rings is 1. The van der Waals surface area contributed by atoms with Crippen LogP contribution in [0.1, 0.15) is 26.3 Å². The molecule has 2 aromatic rings. The van der Waals surface area contributed by atoms with E-state index < -0.39 is 29.5 Å². The molecule has 0 amide bonds. The van der Waals surface area contributed by atoms with Gasteiger partial charge < -0.3 is 24.7 Å². The second kappa shape index (κ2) is 5.17. The van der Waals surface area contributed by atoms with Crippen molar-refractivity contribution in [2.45, 2.75) is 50.3 Å². The van der Waals surface area contributed by atoms with Crippen molar-refractivity contribution in [3.05, 3.63) is 52.3 Å². The van der Waals surface area contributed by atoms with Crippen molar-refractivity contribution in [1.29, 1.82) is 0 Å². The summed E-state index contributed by atoms with van der Waals surface area (Å²) >= 11 is 0. The van der Waals surface area contributed by atoms with Gasteiger partial charge in [-0.25, -0.2) is 0 Å². The van der Waals surface area contributed by atoms with Gasteiger partial charge in [0.1, 0.15) is 11.7 Å². The second-order valence-corrected chi connectivity index (χ2v) is 7.21. The third-order valence-corrected chi connectivity index (χ3v) is 5.68. The molecule has 2 aliphatic heterocycles. The first kappa shape index (κ1) is 16.3. The van der Waals surface area contributed by atoms with E-state index in [1.807, 2.05) is 30.3 Å². The predicted molar refractivity (Wildman–Crippen MR) is 91.4 cm³/mol. The lowest BCUT2D eigenvalue weighted by atomic mass is 9.74. The molecule has 0 saturated carbocycles. The van der Waals surface area contributed by atoms with Crippen molar-refractivity contribution in [1.82, 2.24) is 4.98 Å². The number of hydrogen-bond acceptors (Lipinski definition) is 5. The highest BCUT2D eigenvalue weighted by molar-refractivity contribution is 5.65. The normalized spacial score (nSPS) is 34.3. The zero-order chi connectivity index (χ0) is 18.0. The number of aromatic amines is 1. The molecule has 6 nitrogen and oxygen atoms in total. The van der Waals surface area contributed by atoms with Crippen LogP contribution in [-0.4, -0.2) is 39.3 Å². The Morgan fingerprint density at radius 2 is 1.92 bits per heavy atom. The molecule has 25 heavy (non-hydrogen) atoms. The van der Waals surface area contributed by atoms with Crippen molar-refractivity contribution in [2.75, 3.05) is 0 Å². The fourth-order valence-electron chi connectivity index (χ4n) is 4.01. The zero-order valence-electron chi connectivity index (χ0n) is 14.3. The summed E-state index contributed by atoms with van der Waals surface area (Å²) in [6.45, 7) is 5.01. The molecule has 1 aromatic heterocycles. The van der Waals surface area contributed by atoms with E-state index in [4.69, 9.17) is 9.47 Å². The van der Waals surface area contributed by atoms with Crippen LogP contribution in [0.2, 0.25) is 0 Å². The largest absolute Gasteiger partial charge is 0.471 e. The van der Waals surface area contributed by atoms with Crippen molar-refractivity contribution < 1.29 is 19.7 Å². The Balaban J connectivity index is 1.91. The molecular formula is C19H21NO5. The fraction of sp³-hybridized carbons (Fsp3) is 0.421. The van der Waals surface area contributed by atoms with Crippen LogP contribution in [0.5, 0.6) is 5.88 Å². The minimum atomic E-state index is -1.26. The molecule has 3 N–H and O–H groups in total. The molecule has 0 spiro atoms. The lowest BCUT2D eigenvalue weighted by Crippen LogP contribution is -2.52. The Kier molecular flexibility index (Phi) is 3.38. The Labute approximate surface area is 145 Å². The van der Waals surface area contributed by atoms with Gasteiger partial charge in [-0.3, -0.25) is 4.79 Å². The van der Waals surface area contributed by atoms with E-state index in [1.165, 1.54) is 0 Å². The molecule has 1 saturated heterocycles. The van der Waals surface area contributed by atoms with Gasteiger partial charge in [-0.15, -0.1) is 0 Å². The molecule has 1 aromatic carbocycles. The first-order chi connectivity index (χ1) is 11.8. The van der Waals surface area contributed by atoms with E-state index in [0.717, 1.165) is 5.56 Å². The number of aliphatic hydroxyl groups excluding tert-OH is 2. The molecule has 132 valence electrons. The number of benzene rings is 1. The van der Waals surface area contributed by atoms with E-state index in [9.17, 15) is 15.0 Å². The summed E-state index contributed by atoms with van der Waals surface area (Å²) in [4.78, 5) is 16.2. The van der Waals surface area contributed by atoms with Crippen LogP contribution in [0.25, 0.3) is 11.1 Å². The summed E-state index contributed by atoms with van der Waals surface area (Å²) in [7, 11) is 0. The number of H-pyrrole nitrogens is 1. The lowest BCUT2D eigenvalue weighted by Gasteiger charge is -2.32. The summed E-state index contributed by atoms with van der Waals surface area (Å²) in [6.07, 6.45) is -1.20. The predicted octanol–water partition coefficient (Wildman–Crippen LogP) is 1.55. The minimum absolute atomic E-state index is 0.206. The monoisotopic (exact) mass is 343 g/mol. The van der Waals surface area contributed by atoms with Crippen LogP contribution >= 0.6 is 0 Å². The number of fused-ring (bicyclic) bond motifs is 3. The Hall–Kier alpha value is -2.15. The number of hydrogen-bond donors (Lipinski definition) is 3. The average Bonchev–Trinajstić information content (AvgIpc) is 3.00. The van der Waals surface area contributed by atoms with Gasteiger partial charge >= 0.3 is 0 Å². The van der Waals surface area contributed by atoms with Gasteiger partial charge in [0.2, 0.25) is 0 Å². The van der Waals surface area contributed by atoms with E-state index >= 15 is 0 Å². The summed E-state index contributed by atoms with van der Waals surface area (Å²) < 4.78 is 11.6. The molecule has 0 bridgehead atoms. The second-order valence-electron chi connectivity index (χ2n) is 7.21. The maximum Gasteiger partial charge on any atom is 0.199 e. The highest BCUT2D eigenvalue weighted by atomic mass is 16.7. The van der Waals surface area contributed by atoms with Gasteiger partial charge in [-0.2, -0.15) is 0 Å². The van der Waals surface area contributed by atoms with Gasteiger partial charge in [-0.1, -0.05) is 30.3 Å². The smallest absolute Gasteiger partial charge is 0.199 e. The number of ether oxygens (including phenoxy) is 2. The van der Waals surface area contributed by atoms with Crippen LogP contribution in [-0.2, 0) is 10.2 Å². The molecular weight excluding hydrogens is 322 g/mol. The minimum Gasteiger partial charge on any atom is -0.471 e. The summed E-state index contributed by atoms with van der Waals surface area (Å²) in [5.74, 6) is 0.325. The average molecular weight is 343 g/mol. The standard InChI is InChI=1S/C19H21NO5/c1-10(21)19(3)16-18(2,17(23)25-19)13-14(22)12(9-20-15(13)24-16)11-7-5-4-6-8-11/h4-10,16-17,21,23H,1-3H3,(H,20,22)/t10?,16?,17-,18?,19?/m1/s1. The summed E-state index contributed by atoms with van der Waals surface area (Å²) in [5.41, 5.74) is -0.758. The highest BCUT2D eigenvalue weighted by Crippen LogP contribution is 2.54. The van der Waals surface area contributed by atoms with Gasteiger partial charge in [0.25, 0.3) is 0 Å². The van der Waals surface area contributed by atoms with E-state index in [2.05, 4.69) is 4.98 Å². The fourth-order valence-corrected chi connectivity index (χ4v) is 4.01. The number of nitrogens with one attached hydrogen (secondary N) is 1. The molecule has 0 radical (unpaired) electrons. The third-order valence-electron chi connectivity index (χ3n) is 5.68. The SMILES string of the molecule is CC(O)C1(C)O[C@@H](O)C2(C)c3c([nH]cc(-c4ccccc4)c3=O)OC12. The summed E-state index contributed by atoms with van der Waals surface area (Å²) in [5, 5.41) is 20.8. The summed E-state index contributed by atoms with van der Waals surface area (Å²) in [6, 6.07) is 9.32. The van der Waals surface area contributed by atoms with Crippen LogP contribution < -0.4 is 10.2 Å². The molecule has 6 heteroatoms. The van der Waals surface area contributed by atoms with Crippen LogP contribution in [0.3, 0.4) is 0 Å².